The van der Waals surface area contributed by atoms with Crippen LogP contribution in [0, 0.1) is 23.7 Å². The van der Waals surface area contributed by atoms with E-state index in [1.807, 2.05) is 4.90 Å². The maximum atomic E-state index is 13.1. The van der Waals surface area contributed by atoms with Crippen LogP contribution in [0.2, 0.25) is 0 Å². The molecule has 1 saturated carbocycles. The minimum absolute atomic E-state index is 0.107. The maximum absolute atomic E-state index is 13.1. The van der Waals surface area contributed by atoms with Crippen LogP contribution in [0.4, 0.5) is 11.4 Å². The molecule has 7 heteroatoms. The number of ether oxygens (including phenoxy) is 1. The highest BCUT2D eigenvalue weighted by Crippen LogP contribution is 2.50. The molecule has 0 aromatic heterocycles. The number of carbonyl (C=O) groups excluding carboxylic acids is 2. The topological polar surface area (TPSA) is 87.2 Å². The van der Waals surface area contributed by atoms with Crippen molar-refractivity contribution in [3.63, 3.8) is 0 Å². The van der Waals surface area contributed by atoms with Gasteiger partial charge >= 0.3 is 5.97 Å². The zero-order valence-corrected chi connectivity index (χ0v) is 15.4. The minimum Gasteiger partial charge on any atom is -0.478 e. The summed E-state index contributed by atoms with van der Waals surface area (Å²) in [6.07, 6.45) is 6.03. The van der Waals surface area contributed by atoms with Gasteiger partial charge in [-0.05, 0) is 42.9 Å². The number of carbonyl (C=O) groups is 3. The van der Waals surface area contributed by atoms with Crippen molar-refractivity contribution in [2.75, 3.05) is 36.1 Å². The first kappa shape index (κ1) is 17.4. The van der Waals surface area contributed by atoms with Gasteiger partial charge < -0.3 is 14.7 Å². The number of carboxylic acid groups (broad SMARTS) is 1. The summed E-state index contributed by atoms with van der Waals surface area (Å²) in [5, 5.41) is 9.74. The molecular formula is C21H22N2O5. The smallest absolute Gasteiger partial charge is 0.337 e. The molecule has 1 aromatic carbocycles. The molecule has 1 N–H and O–H groups in total. The van der Waals surface area contributed by atoms with Gasteiger partial charge in [0.1, 0.15) is 0 Å². The molecule has 7 nitrogen and oxygen atoms in total. The van der Waals surface area contributed by atoms with Crippen molar-refractivity contribution >= 4 is 29.2 Å². The summed E-state index contributed by atoms with van der Waals surface area (Å²) in [5.74, 6) is -1.83. The summed E-state index contributed by atoms with van der Waals surface area (Å²) in [4.78, 5) is 41.3. The van der Waals surface area contributed by atoms with Crippen LogP contribution in [0.1, 0.15) is 23.2 Å². The third-order valence-corrected chi connectivity index (χ3v) is 6.58. The maximum Gasteiger partial charge on any atom is 0.337 e. The summed E-state index contributed by atoms with van der Waals surface area (Å²) < 4.78 is 5.34. The largest absolute Gasteiger partial charge is 0.478 e. The van der Waals surface area contributed by atoms with Crippen LogP contribution in [0.5, 0.6) is 0 Å². The molecule has 0 unspecified atom stereocenters. The van der Waals surface area contributed by atoms with Crippen molar-refractivity contribution in [2.24, 2.45) is 23.7 Å². The Morgan fingerprint density at radius 1 is 1.00 bits per heavy atom. The second kappa shape index (κ2) is 6.44. The Bertz CT molecular complexity index is 857. The summed E-state index contributed by atoms with van der Waals surface area (Å²) in [6, 6.07) is 4.87. The highest BCUT2D eigenvalue weighted by molar-refractivity contribution is 6.23. The van der Waals surface area contributed by atoms with Gasteiger partial charge in [0.25, 0.3) is 0 Å². The summed E-state index contributed by atoms with van der Waals surface area (Å²) in [7, 11) is 0. The number of nitrogens with zero attached hydrogens (tertiary/aromatic N) is 2. The molecule has 2 heterocycles. The molecule has 0 radical (unpaired) electrons. The summed E-state index contributed by atoms with van der Waals surface area (Å²) >= 11 is 0. The van der Waals surface area contributed by atoms with Gasteiger partial charge in [0.15, 0.2) is 0 Å². The number of fused-ring (bicyclic) bond motifs is 1. The molecule has 2 aliphatic heterocycles. The predicted molar refractivity (Wildman–Crippen MR) is 101 cm³/mol. The van der Waals surface area contributed by atoms with Gasteiger partial charge in [0, 0.05) is 13.1 Å². The van der Waals surface area contributed by atoms with E-state index in [1.54, 1.807) is 12.1 Å². The molecule has 28 heavy (non-hydrogen) atoms. The van der Waals surface area contributed by atoms with Gasteiger partial charge in [-0.15, -0.1) is 0 Å². The van der Waals surface area contributed by atoms with E-state index >= 15 is 0 Å². The van der Waals surface area contributed by atoms with Gasteiger partial charge in [-0.2, -0.15) is 0 Å². The summed E-state index contributed by atoms with van der Waals surface area (Å²) in [5.41, 5.74) is 1.06. The highest BCUT2D eigenvalue weighted by atomic mass is 16.5. The van der Waals surface area contributed by atoms with Crippen LogP contribution in [-0.4, -0.2) is 49.2 Å². The predicted octanol–water partition coefficient (Wildman–Crippen LogP) is 1.92. The second-order valence-electron chi connectivity index (χ2n) is 7.96. The number of benzene rings is 1. The van der Waals surface area contributed by atoms with E-state index in [0.717, 1.165) is 12.8 Å². The van der Waals surface area contributed by atoms with Gasteiger partial charge in [-0.3, -0.25) is 9.59 Å². The fraction of sp³-hybridized carbons (Fsp3) is 0.476. The van der Waals surface area contributed by atoms with Crippen LogP contribution >= 0.6 is 0 Å². The van der Waals surface area contributed by atoms with Crippen LogP contribution in [-0.2, 0) is 14.3 Å². The average Bonchev–Trinajstić information content (AvgIpc) is 3.02. The van der Waals surface area contributed by atoms with Crippen molar-refractivity contribution < 1.29 is 24.2 Å². The van der Waals surface area contributed by atoms with Crippen LogP contribution in [0.25, 0.3) is 0 Å². The SMILES string of the molecule is O=C(O)c1cc(N2C(=O)[C@@H]3[C@H](C2=O)[C@@H]2C=C[C@H]3CC2)ccc1N1CCOCC1. The van der Waals surface area contributed by atoms with Crippen molar-refractivity contribution in [1.82, 2.24) is 0 Å². The zero-order chi connectivity index (χ0) is 19.4. The lowest BCUT2D eigenvalue weighted by atomic mass is 9.63. The zero-order valence-electron chi connectivity index (χ0n) is 15.4. The molecule has 3 fully saturated rings. The number of amides is 2. The summed E-state index contributed by atoms with van der Waals surface area (Å²) in [6.45, 7) is 2.31. The quantitative estimate of drug-likeness (QED) is 0.635. The first-order valence-corrected chi connectivity index (χ1v) is 9.82. The van der Waals surface area contributed by atoms with Crippen LogP contribution in [0.3, 0.4) is 0 Å². The van der Waals surface area contributed by atoms with Crippen molar-refractivity contribution in [3.05, 3.63) is 35.9 Å². The average molecular weight is 382 g/mol. The molecule has 2 amide bonds. The Morgan fingerprint density at radius 2 is 1.61 bits per heavy atom. The molecule has 2 saturated heterocycles. The molecule has 146 valence electrons. The lowest BCUT2D eigenvalue weighted by Crippen LogP contribution is -2.38. The van der Waals surface area contributed by atoms with E-state index in [2.05, 4.69) is 12.2 Å². The molecular weight excluding hydrogens is 360 g/mol. The van der Waals surface area contributed by atoms with Crippen molar-refractivity contribution in [3.8, 4) is 0 Å². The number of hydrogen-bond donors (Lipinski definition) is 1. The molecule has 1 aromatic rings. The fourth-order valence-corrected chi connectivity index (χ4v) is 5.24. The Morgan fingerprint density at radius 3 is 2.14 bits per heavy atom. The number of aromatic carboxylic acids is 1. The van der Waals surface area contributed by atoms with E-state index in [-0.39, 0.29) is 41.0 Å². The number of morpholine rings is 1. The van der Waals surface area contributed by atoms with E-state index in [4.69, 9.17) is 4.74 Å². The van der Waals surface area contributed by atoms with E-state index in [1.165, 1.54) is 11.0 Å². The van der Waals surface area contributed by atoms with Gasteiger partial charge in [0.05, 0.1) is 42.0 Å². The minimum atomic E-state index is -1.07. The number of carboxylic acids is 1. The fourth-order valence-electron chi connectivity index (χ4n) is 5.24. The molecule has 4 atom stereocenters. The molecule has 6 rings (SSSR count). The number of imide groups is 1. The van der Waals surface area contributed by atoms with Gasteiger partial charge in [-0.1, -0.05) is 12.2 Å². The first-order valence-electron chi connectivity index (χ1n) is 9.82. The lowest BCUT2D eigenvalue weighted by Gasteiger charge is -2.38. The van der Waals surface area contributed by atoms with Crippen molar-refractivity contribution in [1.29, 1.82) is 0 Å². The normalized spacial score (nSPS) is 31.4. The molecule has 3 aliphatic carbocycles. The number of rotatable bonds is 3. The van der Waals surface area contributed by atoms with Gasteiger partial charge in [0.2, 0.25) is 11.8 Å². The lowest BCUT2D eigenvalue weighted by molar-refractivity contribution is -0.124. The highest BCUT2D eigenvalue weighted by Gasteiger charge is 2.56. The van der Waals surface area contributed by atoms with Gasteiger partial charge in [-0.25, -0.2) is 9.69 Å². The third kappa shape index (κ3) is 2.49. The van der Waals surface area contributed by atoms with E-state index in [9.17, 15) is 19.5 Å². The molecule has 0 spiro atoms. The number of anilines is 2. The molecule has 2 bridgehead atoms. The standard InChI is InChI=1S/C21H22N2O5/c24-19-17-12-1-2-13(4-3-12)18(17)20(25)23(19)14-5-6-16(15(11-14)21(26)27)22-7-9-28-10-8-22/h1-2,5-6,11-13,17-18H,3-4,7-10H2,(H,26,27)/t12-,13+,17-,18+. The van der Waals surface area contributed by atoms with Crippen molar-refractivity contribution in [2.45, 2.75) is 12.8 Å². The third-order valence-electron chi connectivity index (χ3n) is 6.58. The Labute approximate surface area is 162 Å². The number of hydrogen-bond acceptors (Lipinski definition) is 5. The second-order valence-corrected chi connectivity index (χ2v) is 7.96. The Balaban J connectivity index is 1.51. The monoisotopic (exact) mass is 382 g/mol. The first-order chi connectivity index (χ1) is 13.6. The molecule has 5 aliphatic rings. The number of allylic oxidation sites excluding steroid dienone is 2. The van der Waals surface area contributed by atoms with Crippen LogP contribution < -0.4 is 9.80 Å². The Kier molecular flexibility index (Phi) is 4.01. The van der Waals surface area contributed by atoms with E-state index < -0.39 is 5.97 Å². The van der Waals surface area contributed by atoms with Crippen LogP contribution in [0.15, 0.2) is 30.4 Å². The Hall–Kier alpha value is -2.67. The van der Waals surface area contributed by atoms with E-state index in [0.29, 0.717) is 37.7 Å².